The second kappa shape index (κ2) is 7.00. The average Bonchev–Trinajstić information content (AvgIpc) is 2.96. The van der Waals surface area contributed by atoms with Gasteiger partial charge in [-0.1, -0.05) is 13.8 Å². The van der Waals surface area contributed by atoms with Gasteiger partial charge in [0.1, 0.15) is 11.8 Å². The molecule has 0 fully saturated rings. The molecule has 22 heavy (non-hydrogen) atoms. The third kappa shape index (κ3) is 4.02. The molecule has 0 bridgehead atoms. The highest BCUT2D eigenvalue weighted by atomic mass is 32.1. The van der Waals surface area contributed by atoms with E-state index in [1.165, 1.54) is 6.20 Å². The first kappa shape index (κ1) is 15.9. The van der Waals surface area contributed by atoms with Gasteiger partial charge in [0.25, 0.3) is 0 Å². The van der Waals surface area contributed by atoms with Crippen LogP contribution in [0.2, 0.25) is 0 Å². The minimum atomic E-state index is -0.245. The van der Waals surface area contributed by atoms with E-state index >= 15 is 0 Å². The Morgan fingerprint density at radius 1 is 1.50 bits per heavy atom. The third-order valence-corrected chi connectivity index (χ3v) is 4.13. The Balaban J connectivity index is 1.94. The Kier molecular flexibility index (Phi) is 5.07. The molecule has 0 unspecified atom stereocenters. The average molecular weight is 315 g/mol. The molecule has 7 heteroatoms. The predicted octanol–water partition coefficient (Wildman–Crippen LogP) is 3.20. The Labute approximate surface area is 133 Å². The number of carbonyl (C=O) groups excluding carboxylic acids is 1. The number of carbonyl (C=O) groups is 1. The molecule has 0 saturated heterocycles. The summed E-state index contributed by atoms with van der Waals surface area (Å²) in [6, 6.07) is 4.90. The fourth-order valence-corrected chi connectivity index (χ4v) is 2.55. The summed E-state index contributed by atoms with van der Waals surface area (Å²) < 4.78 is 0. The van der Waals surface area contributed by atoms with E-state index in [9.17, 15) is 4.79 Å². The van der Waals surface area contributed by atoms with Crippen LogP contribution in [0.25, 0.3) is 0 Å². The highest BCUT2D eigenvalue weighted by Crippen LogP contribution is 2.20. The van der Waals surface area contributed by atoms with Crippen LogP contribution in [0, 0.1) is 11.3 Å². The van der Waals surface area contributed by atoms with Crippen LogP contribution in [0.1, 0.15) is 36.2 Å². The predicted molar refractivity (Wildman–Crippen MR) is 85.6 cm³/mol. The van der Waals surface area contributed by atoms with Gasteiger partial charge >= 0.3 is 6.03 Å². The SMILES string of the molecule is CC(C)c1nc(CN(C)C(=O)Nc2ccc(C#N)nc2)cs1. The number of nitrogens with zero attached hydrogens (tertiary/aromatic N) is 4. The highest BCUT2D eigenvalue weighted by molar-refractivity contribution is 7.09. The van der Waals surface area contributed by atoms with Gasteiger partial charge in [-0.25, -0.2) is 14.8 Å². The molecular weight excluding hydrogens is 298 g/mol. The molecule has 0 atom stereocenters. The molecule has 2 aromatic rings. The van der Waals surface area contributed by atoms with Crippen molar-refractivity contribution in [3.63, 3.8) is 0 Å². The molecule has 2 rings (SSSR count). The van der Waals surface area contributed by atoms with E-state index in [0.717, 1.165) is 10.7 Å². The molecule has 2 heterocycles. The molecule has 114 valence electrons. The maximum atomic E-state index is 12.1. The number of nitrogens with one attached hydrogen (secondary N) is 1. The van der Waals surface area contributed by atoms with Crippen LogP contribution in [0.5, 0.6) is 0 Å². The van der Waals surface area contributed by atoms with Crippen molar-refractivity contribution in [1.82, 2.24) is 14.9 Å². The van der Waals surface area contributed by atoms with Crippen LogP contribution in [-0.4, -0.2) is 27.9 Å². The number of hydrogen-bond acceptors (Lipinski definition) is 5. The van der Waals surface area contributed by atoms with E-state index in [4.69, 9.17) is 5.26 Å². The van der Waals surface area contributed by atoms with Crippen molar-refractivity contribution in [1.29, 1.82) is 5.26 Å². The van der Waals surface area contributed by atoms with Crippen molar-refractivity contribution in [3.8, 4) is 6.07 Å². The second-order valence-electron chi connectivity index (χ2n) is 5.16. The maximum Gasteiger partial charge on any atom is 0.321 e. The number of hydrogen-bond donors (Lipinski definition) is 1. The summed E-state index contributed by atoms with van der Waals surface area (Å²) in [7, 11) is 1.71. The van der Waals surface area contributed by atoms with Gasteiger partial charge in [0.2, 0.25) is 0 Å². The van der Waals surface area contributed by atoms with Crippen molar-refractivity contribution in [2.75, 3.05) is 12.4 Å². The number of anilines is 1. The zero-order valence-corrected chi connectivity index (χ0v) is 13.5. The molecule has 6 nitrogen and oxygen atoms in total. The molecule has 1 N–H and O–H groups in total. The Hall–Kier alpha value is -2.46. The normalized spacial score (nSPS) is 10.3. The molecule has 0 saturated carbocycles. The van der Waals surface area contributed by atoms with Crippen LogP contribution >= 0.6 is 11.3 Å². The molecule has 0 aliphatic heterocycles. The van der Waals surface area contributed by atoms with Crippen molar-refractivity contribution in [2.24, 2.45) is 0 Å². The molecule has 0 radical (unpaired) electrons. The van der Waals surface area contributed by atoms with E-state index in [0.29, 0.717) is 23.8 Å². The van der Waals surface area contributed by atoms with Gasteiger partial charge in [-0.2, -0.15) is 5.26 Å². The van der Waals surface area contributed by atoms with Crippen molar-refractivity contribution < 1.29 is 4.79 Å². The van der Waals surface area contributed by atoms with Gasteiger partial charge in [0.05, 0.1) is 29.1 Å². The van der Waals surface area contributed by atoms with E-state index in [-0.39, 0.29) is 6.03 Å². The Morgan fingerprint density at radius 3 is 2.82 bits per heavy atom. The molecule has 2 aromatic heterocycles. The topological polar surface area (TPSA) is 81.9 Å². The van der Waals surface area contributed by atoms with Gasteiger partial charge in [-0.05, 0) is 12.1 Å². The number of aromatic nitrogens is 2. The summed E-state index contributed by atoms with van der Waals surface area (Å²) >= 11 is 1.61. The van der Waals surface area contributed by atoms with E-state index in [1.807, 2.05) is 11.4 Å². The summed E-state index contributed by atoms with van der Waals surface area (Å²) in [5, 5.41) is 14.5. The quantitative estimate of drug-likeness (QED) is 0.939. The third-order valence-electron chi connectivity index (χ3n) is 2.94. The van der Waals surface area contributed by atoms with Crippen LogP contribution in [0.4, 0.5) is 10.5 Å². The molecule has 0 aliphatic carbocycles. The lowest BCUT2D eigenvalue weighted by Gasteiger charge is -2.16. The summed E-state index contributed by atoms with van der Waals surface area (Å²) in [5.74, 6) is 0.391. The molecule has 0 spiro atoms. The highest BCUT2D eigenvalue weighted by Gasteiger charge is 2.12. The van der Waals surface area contributed by atoms with Gasteiger partial charge in [0, 0.05) is 18.3 Å². The number of urea groups is 1. The zero-order valence-electron chi connectivity index (χ0n) is 12.7. The summed E-state index contributed by atoms with van der Waals surface area (Å²) in [6.07, 6.45) is 1.46. The van der Waals surface area contributed by atoms with Gasteiger partial charge in [-0.3, -0.25) is 0 Å². The van der Waals surface area contributed by atoms with Crippen molar-refractivity contribution in [2.45, 2.75) is 26.3 Å². The second-order valence-corrected chi connectivity index (χ2v) is 6.05. The number of thiazole rings is 1. The van der Waals surface area contributed by atoms with Crippen LogP contribution in [0.15, 0.2) is 23.7 Å². The first-order valence-corrected chi connectivity index (χ1v) is 7.70. The lowest BCUT2D eigenvalue weighted by molar-refractivity contribution is 0.220. The minimum absolute atomic E-state index is 0.245. The largest absolute Gasteiger partial charge is 0.322 e. The number of rotatable bonds is 4. The fraction of sp³-hybridized carbons (Fsp3) is 0.333. The molecule has 0 aromatic carbocycles. The lowest BCUT2D eigenvalue weighted by Crippen LogP contribution is -2.31. The smallest absolute Gasteiger partial charge is 0.321 e. The standard InChI is InChI=1S/C15H17N5OS/c1-10(2)14-18-13(9-22-14)8-20(3)15(21)19-12-5-4-11(6-16)17-7-12/h4-5,7,9-10H,8H2,1-3H3,(H,19,21). The maximum absolute atomic E-state index is 12.1. The van der Waals surface area contributed by atoms with Gasteiger partial charge in [0.15, 0.2) is 0 Å². The van der Waals surface area contributed by atoms with Crippen molar-refractivity contribution in [3.05, 3.63) is 40.1 Å². The fourth-order valence-electron chi connectivity index (χ4n) is 1.73. The summed E-state index contributed by atoms with van der Waals surface area (Å²) in [6.45, 7) is 4.63. The Morgan fingerprint density at radius 2 is 2.27 bits per heavy atom. The summed E-state index contributed by atoms with van der Waals surface area (Å²) in [4.78, 5) is 22.1. The van der Waals surface area contributed by atoms with Gasteiger partial charge < -0.3 is 10.2 Å². The monoisotopic (exact) mass is 315 g/mol. The molecule has 2 amide bonds. The zero-order chi connectivity index (χ0) is 16.1. The minimum Gasteiger partial charge on any atom is -0.322 e. The van der Waals surface area contributed by atoms with E-state index in [1.54, 1.807) is 35.4 Å². The van der Waals surface area contributed by atoms with Crippen LogP contribution in [0.3, 0.4) is 0 Å². The number of nitriles is 1. The molecule has 0 aliphatic rings. The Bertz CT molecular complexity index is 687. The van der Waals surface area contributed by atoms with E-state index in [2.05, 4.69) is 29.1 Å². The van der Waals surface area contributed by atoms with Crippen LogP contribution in [-0.2, 0) is 6.54 Å². The van der Waals surface area contributed by atoms with Gasteiger partial charge in [-0.15, -0.1) is 11.3 Å². The molecular formula is C15H17N5OS. The van der Waals surface area contributed by atoms with E-state index < -0.39 is 0 Å². The lowest BCUT2D eigenvalue weighted by atomic mass is 10.2. The number of amides is 2. The first-order valence-electron chi connectivity index (χ1n) is 6.82. The van der Waals surface area contributed by atoms with Crippen molar-refractivity contribution >= 4 is 23.1 Å². The summed E-state index contributed by atoms with van der Waals surface area (Å²) in [5.41, 5.74) is 1.75. The number of pyridine rings is 1. The van der Waals surface area contributed by atoms with Crippen LogP contribution < -0.4 is 5.32 Å². The first-order chi connectivity index (χ1) is 10.5.